The van der Waals surface area contributed by atoms with E-state index in [4.69, 9.17) is 18.9 Å². The van der Waals surface area contributed by atoms with Crippen LogP contribution in [0.3, 0.4) is 0 Å². The van der Waals surface area contributed by atoms with Gasteiger partial charge in [0.25, 0.3) is 11.8 Å². The molecule has 6 N–H and O–H groups in total. The summed E-state index contributed by atoms with van der Waals surface area (Å²) in [6.45, 7) is 9.31. The van der Waals surface area contributed by atoms with Gasteiger partial charge in [0.05, 0.1) is 50.6 Å². The summed E-state index contributed by atoms with van der Waals surface area (Å²) in [6.07, 6.45) is 1.21. The highest BCUT2D eigenvalue weighted by Gasteiger charge is 2.60. The molecule has 7 rings (SSSR count). The fourth-order valence-electron chi connectivity index (χ4n) is 10.6. The molecule has 3 fully saturated rings. The number of anilines is 1. The standard InChI is InChI=1S/C58H74N6O16S2/c1-8-58(4,5)51(67)55(71)63-25-10-9-18-42(63)57(74)80-43(22-20-35-21-23-44(77-6)45(28-35)78-7)36-14-12-17-39(30-36)79-26-24-59-46(66)19-13-27-82(75,76)62-52(68)37-15-11-16-38(29-37)61-53(69)41-31-40(32-60-41)81-50-33(2)48-47(34(3)65)54(70)64(48)49(50)56(72)73/h11-12,14-17,21,23,28-30,33-34,40-43,47-48,60,65H,8-10,13,18-20,22,24-27,31-32H2,1-7H3,(H,59,66)(H,61,69)(H,62,68)(H,72,73)/t33-,34-,40+,41+,42+,43-,47-,48-/m1/s1. The molecule has 24 heteroatoms. The topological polar surface area (TPSA) is 303 Å². The monoisotopic (exact) mass is 1170 g/mol. The number of esters is 1. The third-order valence-electron chi connectivity index (χ3n) is 15.5. The molecule has 4 aliphatic heterocycles. The molecule has 0 bridgehead atoms. The Kier molecular flexibility index (Phi) is 20.9. The molecule has 8 atom stereocenters. The Hall–Kier alpha value is -7.02. The predicted molar refractivity (Wildman–Crippen MR) is 303 cm³/mol. The largest absolute Gasteiger partial charge is 0.493 e. The minimum Gasteiger partial charge on any atom is -0.493 e. The first-order valence-corrected chi connectivity index (χ1v) is 30.1. The van der Waals surface area contributed by atoms with E-state index < -0.39 is 105 Å². The van der Waals surface area contributed by atoms with Crippen LogP contribution in [-0.2, 0) is 54.7 Å². The highest BCUT2D eigenvalue weighted by Crippen LogP contribution is 2.52. The number of ether oxygens (including phenoxy) is 4. The summed E-state index contributed by atoms with van der Waals surface area (Å²) in [6, 6.07) is 16.1. The van der Waals surface area contributed by atoms with E-state index in [1.54, 1.807) is 51.3 Å². The summed E-state index contributed by atoms with van der Waals surface area (Å²) in [5, 5.41) is 28.6. The van der Waals surface area contributed by atoms with E-state index in [0.717, 1.165) is 5.56 Å². The van der Waals surface area contributed by atoms with E-state index >= 15 is 0 Å². The number of aliphatic carboxylic acids is 1. The zero-order chi connectivity index (χ0) is 59.6. The van der Waals surface area contributed by atoms with Gasteiger partial charge in [0.15, 0.2) is 11.5 Å². The summed E-state index contributed by atoms with van der Waals surface area (Å²) in [4.78, 5) is 108. The van der Waals surface area contributed by atoms with Crippen LogP contribution in [0.1, 0.15) is 114 Å². The van der Waals surface area contributed by atoms with E-state index in [1.165, 1.54) is 59.9 Å². The highest BCUT2D eigenvalue weighted by atomic mass is 32.2. The molecular weight excluding hydrogens is 1100 g/mol. The van der Waals surface area contributed by atoms with Crippen molar-refractivity contribution in [2.45, 2.75) is 128 Å². The van der Waals surface area contributed by atoms with Crippen molar-refractivity contribution in [2.75, 3.05) is 51.5 Å². The van der Waals surface area contributed by atoms with Crippen LogP contribution in [0.2, 0.25) is 0 Å². The molecule has 0 saturated carbocycles. The zero-order valence-electron chi connectivity index (χ0n) is 47.2. The maximum absolute atomic E-state index is 14.1. The number of carbonyl (C=O) groups is 8. The number of piperidine rings is 1. The van der Waals surface area contributed by atoms with E-state index in [-0.39, 0.29) is 60.7 Å². The average Bonchev–Trinajstić information content (AvgIpc) is 4.12. The lowest BCUT2D eigenvalue weighted by Crippen LogP contribution is -2.63. The summed E-state index contributed by atoms with van der Waals surface area (Å²) < 4.78 is 51.1. The normalized spacial score (nSPS) is 21.3. The Morgan fingerprint density at radius 1 is 0.963 bits per heavy atom. The molecule has 3 aromatic carbocycles. The number of nitrogens with one attached hydrogen (secondary N) is 4. The summed E-state index contributed by atoms with van der Waals surface area (Å²) in [7, 11) is -1.12. The average molecular weight is 1180 g/mol. The van der Waals surface area contributed by atoms with Crippen LogP contribution in [0.15, 0.2) is 77.3 Å². The van der Waals surface area contributed by atoms with Crippen LogP contribution < -0.4 is 34.9 Å². The Bertz CT molecular complexity index is 3060. The van der Waals surface area contributed by atoms with Gasteiger partial charge in [0.2, 0.25) is 33.5 Å². The number of Topliss-reactive ketones (excluding diaryl/α,β-unsaturated/α-hetero) is 1. The first kappa shape index (κ1) is 62.6. The number of methoxy groups -OCH3 is 2. The molecule has 82 heavy (non-hydrogen) atoms. The quantitative estimate of drug-likeness (QED) is 0.0256. The van der Waals surface area contributed by atoms with Crippen molar-refractivity contribution >= 4 is 74.7 Å². The van der Waals surface area contributed by atoms with Crippen LogP contribution in [0, 0.1) is 17.3 Å². The molecular formula is C58H74N6O16S2. The van der Waals surface area contributed by atoms with E-state index in [2.05, 4.69) is 16.0 Å². The van der Waals surface area contributed by atoms with Crippen LogP contribution in [0.5, 0.6) is 17.2 Å². The number of aliphatic hydroxyl groups is 1. The Morgan fingerprint density at radius 3 is 2.41 bits per heavy atom. The number of hydrogen-bond acceptors (Lipinski definition) is 17. The number of aryl methyl sites for hydroxylation is 1. The number of hydrogen-bond donors (Lipinski definition) is 6. The van der Waals surface area contributed by atoms with E-state index in [0.29, 0.717) is 79.2 Å². The number of likely N-dealkylation sites (tertiary alicyclic amines) is 1. The second kappa shape index (κ2) is 27.4. The number of benzene rings is 3. The van der Waals surface area contributed by atoms with Gasteiger partial charge in [-0.2, -0.15) is 0 Å². The highest BCUT2D eigenvalue weighted by molar-refractivity contribution is 8.03. The van der Waals surface area contributed by atoms with Gasteiger partial charge in [0.1, 0.15) is 30.2 Å². The van der Waals surface area contributed by atoms with Crippen molar-refractivity contribution in [1.82, 2.24) is 25.2 Å². The maximum atomic E-state index is 14.1. The first-order valence-electron chi connectivity index (χ1n) is 27.6. The third-order valence-corrected chi connectivity index (χ3v) is 18.4. The van der Waals surface area contributed by atoms with Crippen LogP contribution in [0.25, 0.3) is 0 Å². The SMILES string of the molecule is CCC(C)(C)C(=O)C(=O)N1CCCC[C@H]1C(=O)O[C@H](CCc1ccc(OC)c(OC)c1)c1cccc(OCCNC(=O)CCCS(=O)(=O)NC(=O)c2cccc(NC(=O)[C@@H]3C[C@H](SC4=C(C(=O)O)N5C(=O)[C@H]([C@@H](C)O)[C@H]5[C@H]4C)CN3)c2)c1. The number of carboxylic acids is 1. The Morgan fingerprint density at radius 2 is 1.71 bits per heavy atom. The molecule has 4 heterocycles. The number of ketones is 1. The molecule has 0 radical (unpaired) electrons. The summed E-state index contributed by atoms with van der Waals surface area (Å²) in [5.41, 5.74) is 0.681. The van der Waals surface area contributed by atoms with Crippen LogP contribution in [-0.4, -0.2) is 151 Å². The van der Waals surface area contributed by atoms with Gasteiger partial charge in [-0.25, -0.2) is 22.7 Å². The first-order chi connectivity index (χ1) is 39.0. The number of amides is 5. The molecule has 0 spiro atoms. The lowest BCUT2D eigenvalue weighted by Gasteiger charge is -2.46. The molecule has 3 saturated heterocycles. The Balaban J connectivity index is 0.867. The fraction of sp³-hybridized carbons (Fsp3) is 0.517. The molecule has 0 unspecified atom stereocenters. The van der Waals surface area contributed by atoms with Gasteiger partial charge >= 0.3 is 11.9 Å². The number of nitrogens with zero attached hydrogens (tertiary/aromatic N) is 2. The molecule has 0 aromatic heterocycles. The molecule has 444 valence electrons. The number of thioether (sulfide) groups is 1. The maximum Gasteiger partial charge on any atom is 0.353 e. The van der Waals surface area contributed by atoms with Gasteiger partial charge < -0.3 is 54.9 Å². The number of aliphatic hydroxyl groups excluding tert-OH is 1. The second-order valence-corrected chi connectivity index (χ2v) is 24.8. The Labute approximate surface area is 481 Å². The minimum atomic E-state index is -4.20. The van der Waals surface area contributed by atoms with E-state index in [9.17, 15) is 57.0 Å². The number of rotatable bonds is 27. The third kappa shape index (κ3) is 15.0. The molecule has 0 aliphatic carbocycles. The summed E-state index contributed by atoms with van der Waals surface area (Å²) in [5.74, 6) is -5.43. The molecule has 22 nitrogen and oxygen atoms in total. The van der Waals surface area contributed by atoms with Crippen molar-refractivity contribution in [1.29, 1.82) is 0 Å². The van der Waals surface area contributed by atoms with Crippen molar-refractivity contribution in [3.8, 4) is 17.2 Å². The zero-order valence-corrected chi connectivity index (χ0v) is 48.8. The smallest absolute Gasteiger partial charge is 0.353 e. The van der Waals surface area contributed by atoms with Crippen molar-refractivity contribution in [2.24, 2.45) is 17.3 Å². The van der Waals surface area contributed by atoms with E-state index in [1.807, 2.05) is 30.7 Å². The van der Waals surface area contributed by atoms with Crippen molar-refractivity contribution < 1.29 is 75.9 Å². The summed E-state index contributed by atoms with van der Waals surface area (Å²) >= 11 is 1.30. The van der Waals surface area contributed by atoms with Crippen LogP contribution >= 0.6 is 11.8 Å². The number of β-lactam (4-membered cyclic amide) rings is 1. The van der Waals surface area contributed by atoms with Crippen molar-refractivity contribution in [3.63, 3.8) is 0 Å². The molecule has 3 aromatic rings. The fourth-order valence-corrected chi connectivity index (χ4v) is 13.1. The van der Waals surface area contributed by atoms with Gasteiger partial charge in [-0.05, 0) is 112 Å². The number of sulfonamides is 1. The number of carbonyl (C=O) groups excluding carboxylic acids is 7. The van der Waals surface area contributed by atoms with Gasteiger partial charge in [-0.15, -0.1) is 11.8 Å². The lowest BCUT2D eigenvalue weighted by atomic mass is 9.79. The van der Waals surface area contributed by atoms with Crippen molar-refractivity contribution in [3.05, 3.63) is 94.0 Å². The minimum absolute atomic E-state index is 0.0280. The number of fused-ring (bicyclic) bond motifs is 1. The lowest BCUT2D eigenvalue weighted by molar-refractivity contribution is -0.164. The van der Waals surface area contributed by atoms with Gasteiger partial charge in [0, 0.05) is 52.2 Å². The van der Waals surface area contributed by atoms with Gasteiger partial charge in [-0.3, -0.25) is 28.8 Å². The molecule has 4 aliphatic rings. The van der Waals surface area contributed by atoms with Gasteiger partial charge in [-0.1, -0.05) is 52.0 Å². The number of carboxylic acid groups (broad SMARTS) is 1. The predicted octanol–water partition coefficient (Wildman–Crippen LogP) is 4.90. The molecule has 5 amide bonds. The second-order valence-electron chi connectivity index (χ2n) is 21.6. The van der Waals surface area contributed by atoms with Crippen LogP contribution in [0.4, 0.5) is 5.69 Å².